The Kier molecular flexibility index (Phi) is 8.61. The summed E-state index contributed by atoms with van der Waals surface area (Å²) in [5.74, 6) is -0.684. The second-order valence-corrected chi connectivity index (χ2v) is 3.13. The summed E-state index contributed by atoms with van der Waals surface area (Å²) in [7, 11) is 0. The van der Waals surface area contributed by atoms with Crippen molar-refractivity contribution in [1.82, 2.24) is 0 Å². The number of ether oxygens (including phenoxy) is 3. The van der Waals surface area contributed by atoms with Crippen LogP contribution in [0.2, 0.25) is 0 Å². The van der Waals surface area contributed by atoms with Gasteiger partial charge in [-0.05, 0) is 27.7 Å². The Bertz CT molecular complexity index is 230. The lowest BCUT2D eigenvalue weighted by Crippen LogP contribution is -2.27. The molecule has 6 nitrogen and oxygen atoms in total. The molecule has 0 bridgehead atoms. The van der Waals surface area contributed by atoms with Gasteiger partial charge < -0.3 is 14.2 Å². The zero-order valence-electron chi connectivity index (χ0n) is 10.7. The Balaban J connectivity index is 3.75. The van der Waals surface area contributed by atoms with Gasteiger partial charge in [0.25, 0.3) is 0 Å². The molecule has 3 atom stereocenters. The van der Waals surface area contributed by atoms with E-state index in [4.69, 9.17) is 14.2 Å². The first kappa shape index (κ1) is 16.1. The Hall–Kier alpha value is -0.950. The van der Waals surface area contributed by atoms with Gasteiger partial charge in [-0.1, -0.05) is 6.58 Å². The van der Waals surface area contributed by atoms with E-state index < -0.39 is 18.5 Å². The molecule has 0 spiro atoms. The Morgan fingerprint density at radius 1 is 1.18 bits per heavy atom. The van der Waals surface area contributed by atoms with Crippen molar-refractivity contribution in [2.45, 2.75) is 46.6 Å². The summed E-state index contributed by atoms with van der Waals surface area (Å²) in [5, 5.41) is 0. The molecule has 0 amide bonds. The molecule has 0 aliphatic heterocycles. The Morgan fingerprint density at radius 3 is 2.29 bits per heavy atom. The third-order valence-corrected chi connectivity index (χ3v) is 1.60. The fourth-order valence-electron chi connectivity index (χ4n) is 1.02. The van der Waals surface area contributed by atoms with Crippen LogP contribution in [-0.4, -0.2) is 31.4 Å². The van der Waals surface area contributed by atoms with Crippen LogP contribution in [0.15, 0.2) is 12.7 Å². The molecule has 0 aromatic carbocycles. The lowest BCUT2D eigenvalue weighted by Gasteiger charge is -2.21. The van der Waals surface area contributed by atoms with Gasteiger partial charge in [-0.2, -0.15) is 4.89 Å². The zero-order valence-corrected chi connectivity index (χ0v) is 10.7. The monoisotopic (exact) mass is 248 g/mol. The quantitative estimate of drug-likeness (QED) is 0.268. The molecular weight excluding hydrogens is 228 g/mol. The van der Waals surface area contributed by atoms with Gasteiger partial charge in [-0.3, -0.25) is 4.89 Å². The average molecular weight is 248 g/mol. The molecule has 0 aliphatic rings. The molecule has 0 aliphatic carbocycles. The predicted molar refractivity (Wildman–Crippen MR) is 59.6 cm³/mol. The summed E-state index contributed by atoms with van der Waals surface area (Å²) in [6, 6.07) is 0. The summed E-state index contributed by atoms with van der Waals surface area (Å²) in [6.45, 7) is 10.7. The third-order valence-electron chi connectivity index (χ3n) is 1.60. The zero-order chi connectivity index (χ0) is 13.3. The van der Waals surface area contributed by atoms with Gasteiger partial charge in [0.1, 0.15) is 0 Å². The van der Waals surface area contributed by atoms with Crippen LogP contribution < -0.4 is 0 Å². The van der Waals surface area contributed by atoms with E-state index >= 15 is 0 Å². The molecule has 17 heavy (non-hydrogen) atoms. The van der Waals surface area contributed by atoms with Crippen molar-refractivity contribution in [3.63, 3.8) is 0 Å². The van der Waals surface area contributed by atoms with E-state index in [0.29, 0.717) is 6.61 Å². The van der Waals surface area contributed by atoms with E-state index in [9.17, 15) is 4.79 Å². The predicted octanol–water partition coefficient (Wildman–Crippen LogP) is 1.75. The van der Waals surface area contributed by atoms with Crippen LogP contribution in [0.4, 0.5) is 0 Å². The Labute approximate surface area is 101 Å². The summed E-state index contributed by atoms with van der Waals surface area (Å²) >= 11 is 0. The van der Waals surface area contributed by atoms with E-state index in [0.717, 1.165) is 6.08 Å². The minimum absolute atomic E-state index is 0.377. The van der Waals surface area contributed by atoms with Crippen molar-refractivity contribution in [2.24, 2.45) is 0 Å². The second-order valence-electron chi connectivity index (χ2n) is 3.13. The summed E-state index contributed by atoms with van der Waals surface area (Å²) in [4.78, 5) is 19.7. The number of hydrogen-bond donors (Lipinski definition) is 0. The highest BCUT2D eigenvalue weighted by Crippen LogP contribution is 2.06. The highest BCUT2D eigenvalue weighted by atomic mass is 17.2. The van der Waals surface area contributed by atoms with E-state index in [1.807, 2.05) is 6.92 Å². The van der Waals surface area contributed by atoms with E-state index in [1.54, 1.807) is 20.8 Å². The van der Waals surface area contributed by atoms with Crippen LogP contribution in [0, 0.1) is 0 Å². The molecule has 6 heteroatoms. The summed E-state index contributed by atoms with van der Waals surface area (Å²) < 4.78 is 15.7. The molecule has 0 radical (unpaired) electrons. The molecule has 0 saturated heterocycles. The SMILES string of the molecule is C=CC(=O)OOC(C)OC(C)OC(C)OCC. The van der Waals surface area contributed by atoms with Crippen molar-refractivity contribution in [3.05, 3.63) is 12.7 Å². The molecule has 0 N–H and O–H groups in total. The van der Waals surface area contributed by atoms with Crippen LogP contribution in [0.25, 0.3) is 0 Å². The van der Waals surface area contributed by atoms with Crippen molar-refractivity contribution in [3.8, 4) is 0 Å². The second kappa shape index (κ2) is 9.12. The number of carbonyl (C=O) groups is 1. The van der Waals surface area contributed by atoms with Gasteiger partial charge in [-0.15, -0.1) is 0 Å². The maximum atomic E-state index is 10.7. The minimum atomic E-state index is -0.747. The summed E-state index contributed by atoms with van der Waals surface area (Å²) in [5.41, 5.74) is 0. The molecule has 100 valence electrons. The molecule has 0 aromatic heterocycles. The number of rotatable bonds is 9. The average Bonchev–Trinajstić information content (AvgIpc) is 2.25. The van der Waals surface area contributed by atoms with Crippen LogP contribution in [0.1, 0.15) is 27.7 Å². The fraction of sp³-hybridized carbons (Fsp3) is 0.727. The van der Waals surface area contributed by atoms with Crippen LogP contribution in [0.3, 0.4) is 0 Å². The lowest BCUT2D eigenvalue weighted by atomic mass is 10.6. The molecule has 0 rings (SSSR count). The van der Waals surface area contributed by atoms with Crippen molar-refractivity contribution in [2.75, 3.05) is 6.61 Å². The maximum Gasteiger partial charge on any atom is 0.365 e. The van der Waals surface area contributed by atoms with E-state index in [-0.39, 0.29) is 6.29 Å². The molecule has 0 heterocycles. The third kappa shape index (κ3) is 8.82. The van der Waals surface area contributed by atoms with Crippen molar-refractivity contribution < 1.29 is 28.8 Å². The standard InChI is InChI=1S/C11H20O6/c1-6-11(12)17-16-10(5)15-9(4)14-8(3)13-7-2/h6,8-10H,1,7H2,2-5H3. The van der Waals surface area contributed by atoms with Crippen molar-refractivity contribution in [1.29, 1.82) is 0 Å². The van der Waals surface area contributed by atoms with Crippen LogP contribution >= 0.6 is 0 Å². The molecular formula is C11H20O6. The fourth-order valence-corrected chi connectivity index (χ4v) is 1.02. The van der Waals surface area contributed by atoms with Gasteiger partial charge in [0.05, 0.1) is 0 Å². The number of carbonyl (C=O) groups excluding carboxylic acids is 1. The van der Waals surface area contributed by atoms with Crippen LogP contribution in [0.5, 0.6) is 0 Å². The van der Waals surface area contributed by atoms with Gasteiger partial charge in [0.2, 0.25) is 6.29 Å². The van der Waals surface area contributed by atoms with Gasteiger partial charge in [0.15, 0.2) is 12.6 Å². The maximum absolute atomic E-state index is 10.7. The summed E-state index contributed by atoms with van der Waals surface area (Å²) in [6.07, 6.45) is -0.682. The van der Waals surface area contributed by atoms with E-state index in [1.165, 1.54) is 0 Å². The first-order valence-corrected chi connectivity index (χ1v) is 5.41. The molecule has 0 saturated carbocycles. The van der Waals surface area contributed by atoms with Crippen LogP contribution in [-0.2, 0) is 28.8 Å². The van der Waals surface area contributed by atoms with Crippen molar-refractivity contribution >= 4 is 5.97 Å². The van der Waals surface area contributed by atoms with E-state index in [2.05, 4.69) is 16.4 Å². The Morgan fingerprint density at radius 2 is 1.76 bits per heavy atom. The largest absolute Gasteiger partial charge is 0.365 e. The first-order valence-electron chi connectivity index (χ1n) is 5.41. The highest BCUT2D eigenvalue weighted by molar-refractivity contribution is 5.80. The topological polar surface area (TPSA) is 63.2 Å². The van der Waals surface area contributed by atoms with Gasteiger partial charge in [0, 0.05) is 12.7 Å². The molecule has 0 aromatic rings. The lowest BCUT2D eigenvalue weighted by molar-refractivity contribution is -0.375. The minimum Gasteiger partial charge on any atom is -0.353 e. The smallest absolute Gasteiger partial charge is 0.353 e. The number of hydrogen-bond acceptors (Lipinski definition) is 6. The highest BCUT2D eigenvalue weighted by Gasteiger charge is 2.14. The normalized spacial score (nSPS) is 16.0. The first-order chi connectivity index (χ1) is 7.99. The molecule has 0 fully saturated rings. The van der Waals surface area contributed by atoms with Gasteiger partial charge in [-0.25, -0.2) is 4.79 Å². The van der Waals surface area contributed by atoms with Gasteiger partial charge >= 0.3 is 5.97 Å². The molecule has 3 unspecified atom stereocenters.